The molecule has 0 amide bonds. The van der Waals surface area contributed by atoms with E-state index in [9.17, 15) is 14.5 Å². The third kappa shape index (κ3) is 3.48. The number of rotatable bonds is 6. The maximum atomic E-state index is 13.1. The fraction of sp³-hybridized carbons (Fsp3) is 0.176. The molecular weight excluding hydrogens is 299 g/mol. The summed E-state index contributed by atoms with van der Waals surface area (Å²) in [4.78, 5) is 10.2. The minimum absolute atomic E-state index is 0.0917. The summed E-state index contributed by atoms with van der Waals surface area (Å²) in [6.45, 7) is 1.06. The average Bonchev–Trinajstić information content (AvgIpc) is 2.95. The zero-order valence-corrected chi connectivity index (χ0v) is 12.3. The van der Waals surface area contributed by atoms with Crippen molar-refractivity contribution in [1.29, 1.82) is 0 Å². The fourth-order valence-corrected chi connectivity index (χ4v) is 2.45. The first kappa shape index (κ1) is 15.0. The Balaban J connectivity index is 1.58. The molecule has 0 N–H and O–H groups in total. The van der Waals surface area contributed by atoms with Crippen LogP contribution in [0.25, 0.3) is 10.8 Å². The van der Waals surface area contributed by atoms with Crippen LogP contribution >= 0.6 is 0 Å². The predicted molar refractivity (Wildman–Crippen MR) is 85.1 cm³/mol. The highest BCUT2D eigenvalue weighted by molar-refractivity contribution is 5.82. The number of hydrogen-bond acceptors (Lipinski definition) is 3. The van der Waals surface area contributed by atoms with Gasteiger partial charge in [-0.3, -0.25) is 10.1 Å². The van der Waals surface area contributed by atoms with Crippen LogP contribution in [0.5, 0.6) is 5.75 Å². The van der Waals surface area contributed by atoms with E-state index in [0.29, 0.717) is 13.0 Å². The minimum Gasteiger partial charge on any atom is -0.487 e. The van der Waals surface area contributed by atoms with Gasteiger partial charge < -0.3 is 9.30 Å². The Hall–Kier alpha value is -2.89. The molecule has 23 heavy (non-hydrogen) atoms. The van der Waals surface area contributed by atoms with Gasteiger partial charge in [-0.1, -0.05) is 24.3 Å². The van der Waals surface area contributed by atoms with Gasteiger partial charge in [-0.05, 0) is 29.3 Å². The number of aryl methyl sites for hydroxylation is 1. The molecule has 0 bridgehead atoms. The Bertz CT molecular complexity index is 812. The second-order valence-electron chi connectivity index (χ2n) is 5.20. The van der Waals surface area contributed by atoms with Crippen LogP contribution in [0.1, 0.15) is 6.42 Å². The van der Waals surface area contributed by atoms with E-state index in [1.807, 2.05) is 24.3 Å². The van der Waals surface area contributed by atoms with E-state index in [1.54, 1.807) is 0 Å². The summed E-state index contributed by atoms with van der Waals surface area (Å²) < 4.78 is 20.5. The first-order valence-corrected chi connectivity index (χ1v) is 7.25. The lowest BCUT2D eigenvalue weighted by atomic mass is 10.2. The molecule has 6 heteroatoms. The van der Waals surface area contributed by atoms with E-state index in [1.165, 1.54) is 16.8 Å². The zero-order chi connectivity index (χ0) is 16.2. The molecule has 2 aromatic carbocycles. The lowest BCUT2D eigenvalue weighted by Gasteiger charge is -2.07. The number of nitro groups is 1. The second kappa shape index (κ2) is 6.48. The highest BCUT2D eigenvalue weighted by Crippen LogP contribution is 2.27. The van der Waals surface area contributed by atoms with Crippen molar-refractivity contribution >= 4 is 16.5 Å². The largest absolute Gasteiger partial charge is 0.487 e. The van der Waals surface area contributed by atoms with E-state index in [0.717, 1.165) is 18.7 Å². The van der Waals surface area contributed by atoms with Crippen LogP contribution in [0.15, 0.2) is 54.9 Å². The van der Waals surface area contributed by atoms with Gasteiger partial charge in [0, 0.05) is 18.9 Å². The molecule has 0 aliphatic rings. The zero-order valence-electron chi connectivity index (χ0n) is 12.3. The first-order valence-electron chi connectivity index (χ1n) is 7.25. The van der Waals surface area contributed by atoms with E-state index in [-0.39, 0.29) is 11.4 Å². The van der Waals surface area contributed by atoms with E-state index >= 15 is 0 Å². The van der Waals surface area contributed by atoms with Crippen molar-refractivity contribution in [3.05, 3.63) is 70.8 Å². The fourth-order valence-electron chi connectivity index (χ4n) is 2.45. The van der Waals surface area contributed by atoms with E-state index < -0.39 is 10.7 Å². The molecule has 0 saturated carbocycles. The van der Waals surface area contributed by atoms with Crippen molar-refractivity contribution in [2.75, 3.05) is 6.61 Å². The summed E-state index contributed by atoms with van der Waals surface area (Å²) in [5.41, 5.74) is -0.350. The van der Waals surface area contributed by atoms with Crippen LogP contribution in [-0.4, -0.2) is 16.1 Å². The molecule has 118 valence electrons. The van der Waals surface area contributed by atoms with Crippen LogP contribution in [0, 0.1) is 15.9 Å². The minimum atomic E-state index is -0.650. The summed E-state index contributed by atoms with van der Waals surface area (Å²) in [7, 11) is 0. The average molecular weight is 314 g/mol. The number of ether oxygens (including phenoxy) is 1. The van der Waals surface area contributed by atoms with E-state index in [4.69, 9.17) is 4.74 Å². The second-order valence-corrected chi connectivity index (χ2v) is 5.20. The number of hydrogen-bond donors (Lipinski definition) is 0. The number of fused-ring (bicyclic) bond motifs is 1. The van der Waals surface area contributed by atoms with Gasteiger partial charge in [0.2, 0.25) is 0 Å². The smallest absolute Gasteiger partial charge is 0.313 e. The number of halogens is 1. The summed E-state index contributed by atoms with van der Waals surface area (Å²) in [5.74, 6) is -0.558. The number of benzene rings is 2. The van der Waals surface area contributed by atoms with Crippen LogP contribution in [-0.2, 0) is 6.54 Å². The van der Waals surface area contributed by atoms with Crippen molar-refractivity contribution in [2.24, 2.45) is 0 Å². The standard InChI is InChI=1S/C17H15FN2O3/c18-15-6-7-17(16(10-15)20(21)22)23-9-3-8-19-11-13-4-1-2-5-14(13)12-19/h1-2,4-7,10-12H,3,8-9H2. The molecular formula is C17H15FN2O3. The molecule has 3 rings (SSSR count). The van der Waals surface area contributed by atoms with Gasteiger partial charge in [0.25, 0.3) is 0 Å². The van der Waals surface area contributed by atoms with Crippen LogP contribution in [0.2, 0.25) is 0 Å². The normalized spacial score (nSPS) is 10.8. The summed E-state index contributed by atoms with van der Waals surface area (Å²) >= 11 is 0. The van der Waals surface area contributed by atoms with Crippen molar-refractivity contribution < 1.29 is 14.1 Å². The highest BCUT2D eigenvalue weighted by atomic mass is 19.1. The predicted octanol–water partition coefficient (Wildman–Crippen LogP) is 4.16. The van der Waals surface area contributed by atoms with Crippen molar-refractivity contribution in [3.63, 3.8) is 0 Å². The van der Waals surface area contributed by atoms with Crippen molar-refractivity contribution in [2.45, 2.75) is 13.0 Å². The van der Waals surface area contributed by atoms with Gasteiger partial charge >= 0.3 is 5.69 Å². The Labute approximate surface area is 132 Å². The molecule has 0 unspecified atom stereocenters. The molecule has 0 radical (unpaired) electrons. The van der Waals surface area contributed by atoms with E-state index in [2.05, 4.69) is 17.0 Å². The molecule has 1 heterocycles. The lowest BCUT2D eigenvalue weighted by Crippen LogP contribution is -2.04. The molecule has 0 aliphatic heterocycles. The summed E-state index contributed by atoms with van der Waals surface area (Å²) in [6, 6.07) is 11.4. The molecule has 0 aliphatic carbocycles. The van der Waals surface area contributed by atoms with Gasteiger partial charge in [-0.25, -0.2) is 4.39 Å². The molecule has 5 nitrogen and oxygen atoms in total. The van der Waals surface area contributed by atoms with Crippen LogP contribution < -0.4 is 4.74 Å². The van der Waals surface area contributed by atoms with Crippen molar-refractivity contribution in [1.82, 2.24) is 4.57 Å². The molecule has 1 aromatic heterocycles. The third-order valence-corrected chi connectivity index (χ3v) is 3.54. The molecule has 0 fully saturated rings. The molecule has 0 spiro atoms. The number of nitrogens with zero attached hydrogens (tertiary/aromatic N) is 2. The number of aromatic nitrogens is 1. The van der Waals surface area contributed by atoms with Crippen LogP contribution in [0.4, 0.5) is 10.1 Å². The van der Waals surface area contributed by atoms with Gasteiger partial charge in [-0.15, -0.1) is 0 Å². The first-order chi connectivity index (χ1) is 11.1. The lowest BCUT2D eigenvalue weighted by molar-refractivity contribution is -0.386. The Morgan fingerprint density at radius 3 is 2.48 bits per heavy atom. The molecule has 3 aromatic rings. The third-order valence-electron chi connectivity index (χ3n) is 3.54. The van der Waals surface area contributed by atoms with Gasteiger partial charge in [0.1, 0.15) is 5.82 Å². The summed E-state index contributed by atoms with van der Waals surface area (Å²) in [6.07, 6.45) is 4.79. The Morgan fingerprint density at radius 2 is 1.83 bits per heavy atom. The Morgan fingerprint density at radius 1 is 1.13 bits per heavy atom. The topological polar surface area (TPSA) is 57.3 Å². The maximum Gasteiger partial charge on any atom is 0.313 e. The van der Waals surface area contributed by atoms with Crippen molar-refractivity contribution in [3.8, 4) is 5.75 Å². The molecule has 0 atom stereocenters. The van der Waals surface area contributed by atoms with Gasteiger partial charge in [-0.2, -0.15) is 0 Å². The quantitative estimate of drug-likeness (QED) is 0.390. The summed E-state index contributed by atoms with van der Waals surface area (Å²) in [5, 5.41) is 13.2. The van der Waals surface area contributed by atoms with Gasteiger partial charge in [0.15, 0.2) is 5.75 Å². The van der Waals surface area contributed by atoms with Crippen LogP contribution in [0.3, 0.4) is 0 Å². The highest BCUT2D eigenvalue weighted by Gasteiger charge is 2.15. The van der Waals surface area contributed by atoms with Gasteiger partial charge in [0.05, 0.1) is 17.6 Å². The maximum absolute atomic E-state index is 13.1. The number of nitro benzene ring substituents is 1. The molecule has 0 saturated heterocycles. The SMILES string of the molecule is O=[N+]([O-])c1cc(F)ccc1OCCCn1cc2ccccc2c1. The monoisotopic (exact) mass is 314 g/mol. The Kier molecular flexibility index (Phi) is 4.23.